The van der Waals surface area contributed by atoms with E-state index in [0.29, 0.717) is 29.7 Å². The van der Waals surface area contributed by atoms with Crippen molar-refractivity contribution in [3.05, 3.63) is 47.3 Å². The van der Waals surface area contributed by atoms with Crippen molar-refractivity contribution in [2.24, 2.45) is 11.7 Å². The van der Waals surface area contributed by atoms with E-state index in [1.165, 1.54) is 12.4 Å². The Hall–Kier alpha value is -4.39. The van der Waals surface area contributed by atoms with Gasteiger partial charge in [0.1, 0.15) is 17.9 Å². The van der Waals surface area contributed by atoms with Crippen molar-refractivity contribution in [2.75, 3.05) is 24.5 Å². The fourth-order valence-electron chi connectivity index (χ4n) is 6.16. The lowest BCUT2D eigenvalue weighted by Crippen LogP contribution is -2.58. The number of carbonyl (C=O) groups excluding carboxylic acids is 5. The molecular formula is C29H33N7O6. The van der Waals surface area contributed by atoms with Gasteiger partial charge in [-0.3, -0.25) is 39.1 Å². The van der Waals surface area contributed by atoms with Crippen molar-refractivity contribution in [1.82, 2.24) is 25.1 Å². The number of primary amides is 1. The highest BCUT2D eigenvalue weighted by atomic mass is 16.5. The molecule has 1 saturated carbocycles. The van der Waals surface area contributed by atoms with Gasteiger partial charge in [-0.1, -0.05) is 0 Å². The van der Waals surface area contributed by atoms with E-state index in [0.717, 1.165) is 37.4 Å². The number of benzene rings is 1. The smallest absolute Gasteiger partial charge is 0.262 e. The number of imide groups is 2. The van der Waals surface area contributed by atoms with Crippen LogP contribution in [0.1, 0.15) is 70.6 Å². The number of rotatable bonds is 9. The summed E-state index contributed by atoms with van der Waals surface area (Å²) in [6.45, 7) is 6.99. The van der Waals surface area contributed by atoms with Crippen molar-refractivity contribution >= 4 is 35.5 Å². The molecule has 220 valence electrons. The van der Waals surface area contributed by atoms with Gasteiger partial charge in [0, 0.05) is 69.3 Å². The van der Waals surface area contributed by atoms with Gasteiger partial charge in [0.25, 0.3) is 17.7 Å². The van der Waals surface area contributed by atoms with Crippen LogP contribution < -0.4 is 20.7 Å². The number of fused-ring (bicyclic) bond motifs is 1. The molecule has 1 aliphatic carbocycles. The number of nitrogens with one attached hydrogen (secondary N) is 1. The highest BCUT2D eigenvalue weighted by Crippen LogP contribution is 2.35. The van der Waals surface area contributed by atoms with E-state index < -0.39 is 35.6 Å². The largest absolute Gasteiger partial charge is 0.490 e. The number of hydrogen-bond donors (Lipinski definition) is 2. The summed E-state index contributed by atoms with van der Waals surface area (Å²) >= 11 is 0. The maximum absolute atomic E-state index is 13.1. The number of carbonyl (C=O) groups is 5. The fourth-order valence-corrected chi connectivity index (χ4v) is 6.16. The lowest BCUT2D eigenvalue weighted by atomic mass is 9.85. The molecule has 4 heterocycles. The molecule has 0 spiro atoms. The van der Waals surface area contributed by atoms with E-state index in [2.05, 4.69) is 38.9 Å². The third-order valence-electron chi connectivity index (χ3n) is 8.55. The van der Waals surface area contributed by atoms with Crippen LogP contribution in [0, 0.1) is 5.92 Å². The fraction of sp³-hybridized carbons (Fsp3) is 0.483. The van der Waals surface area contributed by atoms with Crippen molar-refractivity contribution in [3.8, 4) is 5.75 Å². The molecule has 42 heavy (non-hydrogen) atoms. The maximum atomic E-state index is 13.1. The van der Waals surface area contributed by atoms with Gasteiger partial charge < -0.3 is 15.4 Å². The Morgan fingerprint density at radius 2 is 1.79 bits per heavy atom. The van der Waals surface area contributed by atoms with E-state index in [9.17, 15) is 24.0 Å². The summed E-state index contributed by atoms with van der Waals surface area (Å²) < 4.78 is 6.19. The Balaban J connectivity index is 1.02. The minimum atomic E-state index is -0.994. The summed E-state index contributed by atoms with van der Waals surface area (Å²) in [4.78, 5) is 75.2. The minimum absolute atomic E-state index is 0.0113. The molecule has 2 aromatic rings. The summed E-state index contributed by atoms with van der Waals surface area (Å²) in [5.74, 6) is -1.08. The predicted molar refractivity (Wildman–Crippen MR) is 149 cm³/mol. The van der Waals surface area contributed by atoms with E-state index >= 15 is 0 Å². The topological polar surface area (TPSA) is 168 Å². The number of anilines is 1. The third-order valence-corrected chi connectivity index (χ3v) is 8.55. The van der Waals surface area contributed by atoms with Gasteiger partial charge >= 0.3 is 0 Å². The highest BCUT2D eigenvalue weighted by Gasteiger charge is 2.45. The first-order valence-electron chi connectivity index (χ1n) is 14.2. The monoisotopic (exact) mass is 575 g/mol. The Bertz CT molecular complexity index is 1450. The zero-order chi connectivity index (χ0) is 29.7. The molecule has 5 amide bonds. The Kier molecular flexibility index (Phi) is 7.13. The first-order valence-corrected chi connectivity index (χ1v) is 14.2. The standard InChI is InChI=1S/C29H33N7O6/c1-15(2)35(14-16-12-34(13-16)29-31-10-17(11-32-29)25(30)38)18-7-20(8-18)42-19-3-4-21-22(9-19)28(41)36(27(21)40)23-5-6-24(37)33-26(23)39/h3-4,9-11,15-16,18,20,23H,5-8,12-14H2,1-2H3,(H2,30,38)(H,33,37,39)/t18?,20?,23-/m1/s1. The second kappa shape index (κ2) is 10.8. The molecule has 6 rings (SSSR count). The van der Waals surface area contributed by atoms with Crippen molar-refractivity contribution in [3.63, 3.8) is 0 Å². The van der Waals surface area contributed by atoms with Gasteiger partial charge in [-0.15, -0.1) is 0 Å². The molecule has 13 heteroatoms. The number of aromatic nitrogens is 2. The number of nitrogens with two attached hydrogens (primary N) is 1. The zero-order valence-electron chi connectivity index (χ0n) is 23.5. The van der Waals surface area contributed by atoms with Crippen molar-refractivity contribution in [2.45, 2.75) is 63.8 Å². The van der Waals surface area contributed by atoms with Gasteiger partial charge in [-0.05, 0) is 38.5 Å². The average Bonchev–Trinajstić information content (AvgIpc) is 3.15. The van der Waals surface area contributed by atoms with Crippen molar-refractivity contribution < 1.29 is 28.7 Å². The van der Waals surface area contributed by atoms with Gasteiger partial charge in [0.2, 0.25) is 17.8 Å². The molecule has 1 atom stereocenters. The van der Waals surface area contributed by atoms with Crippen LogP contribution >= 0.6 is 0 Å². The zero-order valence-corrected chi connectivity index (χ0v) is 23.5. The SMILES string of the molecule is CC(C)N(CC1CN(c2ncc(C(N)=O)cn2)C1)C1CC(Oc2ccc3c(c2)C(=O)N([C@@H]2CCC(=O)NC2=O)C3=O)C1. The molecule has 3 N–H and O–H groups in total. The summed E-state index contributed by atoms with van der Waals surface area (Å²) in [7, 11) is 0. The van der Waals surface area contributed by atoms with E-state index in [-0.39, 0.29) is 35.6 Å². The Morgan fingerprint density at radius 1 is 1.10 bits per heavy atom. The van der Waals surface area contributed by atoms with Crippen molar-refractivity contribution in [1.29, 1.82) is 0 Å². The van der Waals surface area contributed by atoms with E-state index in [4.69, 9.17) is 10.5 Å². The van der Waals surface area contributed by atoms with Gasteiger partial charge in [-0.2, -0.15) is 0 Å². The Morgan fingerprint density at radius 3 is 2.43 bits per heavy atom. The molecule has 0 unspecified atom stereocenters. The molecule has 4 aliphatic rings. The number of hydrogen-bond acceptors (Lipinski definition) is 10. The van der Waals surface area contributed by atoms with Gasteiger partial charge in [0.05, 0.1) is 16.7 Å². The van der Waals surface area contributed by atoms with Crippen LogP contribution in [0.15, 0.2) is 30.6 Å². The average molecular weight is 576 g/mol. The third kappa shape index (κ3) is 5.08. The molecule has 1 aromatic carbocycles. The molecular weight excluding hydrogens is 542 g/mol. The van der Waals surface area contributed by atoms with Crippen LogP contribution in [0.25, 0.3) is 0 Å². The predicted octanol–water partition coefficient (Wildman–Crippen LogP) is 0.733. The summed E-state index contributed by atoms with van der Waals surface area (Å²) in [6.07, 6.45) is 4.78. The molecule has 3 fully saturated rings. The first-order chi connectivity index (χ1) is 20.1. The van der Waals surface area contributed by atoms with Crippen LogP contribution in [0.5, 0.6) is 5.75 Å². The van der Waals surface area contributed by atoms with Crippen LogP contribution in [-0.2, 0) is 9.59 Å². The first kappa shape index (κ1) is 27.8. The second-order valence-corrected chi connectivity index (χ2v) is 11.7. The maximum Gasteiger partial charge on any atom is 0.262 e. The summed E-state index contributed by atoms with van der Waals surface area (Å²) in [5, 5.41) is 2.21. The number of amides is 5. The lowest BCUT2D eigenvalue weighted by Gasteiger charge is -2.48. The summed E-state index contributed by atoms with van der Waals surface area (Å²) in [6, 6.07) is 4.57. The van der Waals surface area contributed by atoms with Crippen LogP contribution in [0.2, 0.25) is 0 Å². The molecule has 2 saturated heterocycles. The quantitative estimate of drug-likeness (QED) is 0.407. The molecule has 13 nitrogen and oxygen atoms in total. The van der Waals surface area contributed by atoms with E-state index in [1.54, 1.807) is 18.2 Å². The van der Waals surface area contributed by atoms with Gasteiger partial charge in [0.15, 0.2) is 0 Å². The van der Waals surface area contributed by atoms with E-state index in [1.807, 2.05) is 0 Å². The molecule has 3 aliphatic heterocycles. The normalized spacial score (nSPS) is 24.0. The lowest BCUT2D eigenvalue weighted by molar-refractivity contribution is -0.136. The number of ether oxygens (including phenoxy) is 1. The second-order valence-electron chi connectivity index (χ2n) is 11.7. The summed E-state index contributed by atoms with van der Waals surface area (Å²) in [5.41, 5.74) is 6.00. The number of piperidine rings is 1. The van der Waals surface area contributed by atoms with Crippen LogP contribution in [0.4, 0.5) is 5.95 Å². The molecule has 1 aromatic heterocycles. The number of nitrogens with zero attached hydrogens (tertiary/aromatic N) is 5. The Labute approximate surface area is 242 Å². The van der Waals surface area contributed by atoms with Gasteiger partial charge in [-0.25, -0.2) is 9.97 Å². The molecule has 0 radical (unpaired) electrons. The van der Waals surface area contributed by atoms with Crippen LogP contribution in [-0.4, -0.2) is 93.2 Å². The minimum Gasteiger partial charge on any atom is -0.490 e. The molecule has 0 bridgehead atoms. The highest BCUT2D eigenvalue weighted by molar-refractivity contribution is 6.23. The van der Waals surface area contributed by atoms with Crippen LogP contribution in [0.3, 0.4) is 0 Å².